The average Bonchev–Trinajstić information content (AvgIpc) is 3.15. The third-order valence-electron chi connectivity index (χ3n) is 6.09. The maximum Gasteiger partial charge on any atom is 1.00 e. The summed E-state index contributed by atoms with van der Waals surface area (Å²) in [6.45, 7) is 7.53. The first-order valence-electron chi connectivity index (χ1n) is 11.7. The van der Waals surface area contributed by atoms with Gasteiger partial charge < -0.3 is 22.0 Å². The molecule has 0 saturated heterocycles. The Morgan fingerprint density at radius 2 is 1.67 bits per heavy atom. The molecule has 0 bridgehead atoms. The molecule has 2 N–H and O–H groups in total. The maximum atomic E-state index is 11.6. The Labute approximate surface area is 272 Å². The van der Waals surface area contributed by atoms with Crippen molar-refractivity contribution in [3.8, 4) is 22.6 Å². The van der Waals surface area contributed by atoms with Crippen LogP contribution in [0.1, 0.15) is 39.0 Å². The van der Waals surface area contributed by atoms with Gasteiger partial charge in [-0.2, -0.15) is 0 Å². The van der Waals surface area contributed by atoms with E-state index >= 15 is 0 Å². The summed E-state index contributed by atoms with van der Waals surface area (Å²) in [7, 11) is 0. The minimum absolute atomic E-state index is 0. The molecule has 0 radical (unpaired) electrons. The zero-order chi connectivity index (χ0) is 26.7. The van der Waals surface area contributed by atoms with E-state index in [1.54, 1.807) is 30.3 Å². The van der Waals surface area contributed by atoms with Gasteiger partial charge >= 0.3 is 76.5 Å². The number of carboxylic acid groups (broad SMARTS) is 1. The van der Waals surface area contributed by atoms with Crippen molar-refractivity contribution in [2.24, 2.45) is 0 Å². The van der Waals surface area contributed by atoms with Crippen molar-refractivity contribution in [1.29, 1.82) is 0 Å². The summed E-state index contributed by atoms with van der Waals surface area (Å²) in [6.07, 6.45) is 0. The number of aryl methyl sites for hydroxylation is 1. The summed E-state index contributed by atoms with van der Waals surface area (Å²) in [6, 6.07) is 18.8. The summed E-state index contributed by atoms with van der Waals surface area (Å²) in [4.78, 5) is 36.2. The molecule has 0 fully saturated rings. The zero-order valence-corrected chi connectivity index (χ0v) is 27.0. The van der Waals surface area contributed by atoms with Crippen LogP contribution in [-0.2, 0) is 17.9 Å². The van der Waals surface area contributed by atoms with Gasteiger partial charge in [0.25, 0.3) is 0 Å². The Kier molecular flexibility index (Phi) is 11.5. The van der Waals surface area contributed by atoms with Crippen molar-refractivity contribution >= 4 is 5.97 Å². The minimum Gasteiger partial charge on any atom is -1.00 e. The molecule has 0 spiro atoms. The molecule has 0 saturated carbocycles. The molecule has 3 aromatic carbocycles. The number of H-pyrrole nitrogens is 1. The normalized spacial score (nSPS) is 10.8. The van der Waals surface area contributed by atoms with Crippen molar-refractivity contribution in [1.82, 2.24) is 9.72 Å². The number of aromatic amines is 1. The number of benzene rings is 3. The summed E-state index contributed by atoms with van der Waals surface area (Å²) >= 11 is 0. The van der Waals surface area contributed by atoms with Crippen molar-refractivity contribution in [3.05, 3.63) is 104 Å². The van der Waals surface area contributed by atoms with Crippen LogP contribution < -0.4 is 80.0 Å². The van der Waals surface area contributed by atoms with Crippen LogP contribution in [0.3, 0.4) is 0 Å². The number of carboxylic acids is 1. The minimum atomic E-state index is -1.32. The fourth-order valence-corrected chi connectivity index (χ4v) is 3.91. The average molecular weight is 553 g/mol. The van der Waals surface area contributed by atoms with E-state index in [9.17, 15) is 19.5 Å². The molecule has 4 aromatic rings. The molecule has 1 heterocycles. The van der Waals surface area contributed by atoms with Gasteiger partial charge in [0.05, 0.1) is 6.54 Å². The summed E-state index contributed by atoms with van der Waals surface area (Å²) in [5.74, 6) is -0.658. The number of aromatic nitrogens is 2. The molecule has 9 nitrogen and oxygen atoms in total. The molecular weight excluding hydrogens is 522 g/mol. The molecule has 0 aliphatic carbocycles. The van der Waals surface area contributed by atoms with E-state index in [-0.39, 0.29) is 68.5 Å². The van der Waals surface area contributed by atoms with Crippen LogP contribution >= 0.6 is 0 Å². The van der Waals surface area contributed by atoms with E-state index in [1.165, 1.54) is 13.8 Å². The second-order valence-electron chi connectivity index (χ2n) is 9.26. The third kappa shape index (κ3) is 8.00. The molecule has 39 heavy (non-hydrogen) atoms. The number of rotatable bonds is 9. The Morgan fingerprint density at radius 1 is 1.00 bits per heavy atom. The molecule has 196 valence electrons. The summed E-state index contributed by atoms with van der Waals surface area (Å²) in [5.41, 5.74) is 4.00. The molecule has 0 amide bonds. The SMILES string of the molecule is Cc1cc(OC(C)(C)C(=O)O)ccc1-c1cccc(COc2ccc(Cn3oc(=O)[nH]c3=O)cc2)c1C.[H-].[H-].[Na+].[Na+]. The Bertz CT molecular complexity index is 1560. The fraction of sp³-hybridized carbons (Fsp3) is 0.250. The number of carbonyl (C=O) groups is 1. The van der Waals surface area contributed by atoms with Crippen LogP contribution in [-0.4, -0.2) is 26.4 Å². The van der Waals surface area contributed by atoms with Crippen molar-refractivity contribution in [2.75, 3.05) is 0 Å². The molecule has 0 unspecified atom stereocenters. The van der Waals surface area contributed by atoms with Gasteiger partial charge in [0.2, 0.25) is 0 Å². The largest absolute Gasteiger partial charge is 1.00 e. The van der Waals surface area contributed by atoms with Gasteiger partial charge in [0.15, 0.2) is 5.60 Å². The van der Waals surface area contributed by atoms with E-state index in [4.69, 9.17) is 14.0 Å². The van der Waals surface area contributed by atoms with Gasteiger partial charge in [-0.05, 0) is 85.3 Å². The first kappa shape index (κ1) is 32.7. The molecule has 0 aliphatic heterocycles. The van der Waals surface area contributed by atoms with Crippen molar-refractivity contribution in [3.63, 3.8) is 0 Å². The molecule has 0 aliphatic rings. The molecular formula is C28H30N2Na2O7. The smallest absolute Gasteiger partial charge is 1.00 e. The monoisotopic (exact) mass is 552 g/mol. The van der Waals surface area contributed by atoms with Gasteiger partial charge in [-0.1, -0.05) is 36.4 Å². The van der Waals surface area contributed by atoms with E-state index < -0.39 is 23.0 Å². The molecule has 1 aromatic heterocycles. The number of hydrogen-bond donors (Lipinski definition) is 2. The second kappa shape index (κ2) is 13.7. The Balaban J connectivity index is 0.00000400. The van der Waals surface area contributed by atoms with Crippen LogP contribution in [0.15, 0.2) is 74.8 Å². The topological polar surface area (TPSA) is 124 Å². The molecule has 0 atom stereocenters. The van der Waals surface area contributed by atoms with Crippen molar-refractivity contribution < 1.29 is 85.9 Å². The van der Waals surface area contributed by atoms with Gasteiger partial charge in [0, 0.05) is 0 Å². The summed E-state index contributed by atoms with van der Waals surface area (Å²) in [5, 5.41) is 9.32. The first-order chi connectivity index (χ1) is 17.5. The van der Waals surface area contributed by atoms with Crippen LogP contribution in [0, 0.1) is 13.8 Å². The number of nitrogens with zero attached hydrogens (tertiary/aromatic N) is 1. The predicted octanol–water partition coefficient (Wildman–Crippen LogP) is -1.48. The molecule has 4 rings (SSSR count). The fourth-order valence-electron chi connectivity index (χ4n) is 3.91. The van der Waals surface area contributed by atoms with Crippen molar-refractivity contribution in [2.45, 2.75) is 46.4 Å². The van der Waals surface area contributed by atoms with Crippen LogP contribution in [0.4, 0.5) is 0 Å². The number of nitrogens with one attached hydrogen (secondary N) is 1. The predicted molar refractivity (Wildman–Crippen MR) is 139 cm³/mol. The zero-order valence-electron chi connectivity index (χ0n) is 25.0. The summed E-state index contributed by atoms with van der Waals surface area (Å²) < 4.78 is 17.4. The molecule has 11 heteroatoms. The Morgan fingerprint density at radius 3 is 2.26 bits per heavy atom. The van der Waals surface area contributed by atoms with E-state index in [0.29, 0.717) is 18.1 Å². The van der Waals surface area contributed by atoms with E-state index in [1.807, 2.05) is 44.2 Å². The number of ether oxygens (including phenoxy) is 2. The number of aliphatic carboxylic acids is 1. The van der Waals surface area contributed by atoms with Gasteiger partial charge in [-0.25, -0.2) is 19.4 Å². The van der Waals surface area contributed by atoms with Gasteiger partial charge in [0.1, 0.15) is 18.1 Å². The Hall–Kier alpha value is -2.53. The van der Waals surface area contributed by atoms with Crippen LogP contribution in [0.2, 0.25) is 0 Å². The quantitative estimate of drug-likeness (QED) is 0.243. The van der Waals surface area contributed by atoms with Crippen LogP contribution in [0.25, 0.3) is 11.1 Å². The second-order valence-corrected chi connectivity index (χ2v) is 9.26. The standard InChI is InChI=1S/C28H28N2O7.2Na.2H/c1-17-14-22(36-28(3,4)25(31)32)12-13-23(17)24-7-5-6-20(18(24)2)16-35-21-10-8-19(9-11-21)15-30-26(33)29-27(34)37-30;;;;/h5-14H,15-16H2,1-4H3,(H,31,32)(H,29,33,34);;;;/q;2*+1;2*-1. The van der Waals surface area contributed by atoms with Crippen LogP contribution in [0.5, 0.6) is 11.5 Å². The maximum absolute atomic E-state index is 11.6. The third-order valence-corrected chi connectivity index (χ3v) is 6.09. The first-order valence-corrected chi connectivity index (χ1v) is 11.7. The van der Waals surface area contributed by atoms with Gasteiger partial charge in [-0.15, -0.1) is 4.74 Å². The van der Waals surface area contributed by atoms with E-state index in [2.05, 4.69) is 4.98 Å². The number of hydrogen-bond acceptors (Lipinski definition) is 6. The van der Waals surface area contributed by atoms with E-state index in [0.717, 1.165) is 38.1 Å². The van der Waals surface area contributed by atoms with Gasteiger partial charge in [-0.3, -0.25) is 0 Å².